The highest BCUT2D eigenvalue weighted by Gasteiger charge is 2.30. The molecule has 76 heavy (non-hydrogen) atoms. The van der Waals surface area contributed by atoms with E-state index in [4.69, 9.17) is 13.8 Å². The van der Waals surface area contributed by atoms with Gasteiger partial charge in [0.25, 0.3) is 0 Å². The molecule has 0 fully saturated rings. The zero-order chi connectivity index (χ0) is 55.7. The standard InChI is InChI=1S/C66H131N2O7P/c1-7-10-13-16-19-22-25-27-28-29-30-31-32-33-34-35-36-37-38-39-40-41-44-46-49-52-55-58-65(69)67-63(62-74-76(71,72)73-61-60-68(4,5)6)64(57-54-51-48-45-43-26-23-20-17-14-11-8-2)75-66(70)59-56-53-50-47-42-24-21-18-15-12-9-3/h54,57,63-64H,7-53,55-56,58-62H2,1-6H3,(H-,67,69,71,72)/p+1/b57-54-. The predicted molar refractivity (Wildman–Crippen MR) is 328 cm³/mol. The lowest BCUT2D eigenvalue weighted by atomic mass is 10.0. The Balaban J connectivity index is 4.90. The molecule has 0 heterocycles. The summed E-state index contributed by atoms with van der Waals surface area (Å²) in [5, 5.41) is 3.07. The monoisotopic (exact) mass is 1100 g/mol. The second kappa shape index (κ2) is 57.0. The maximum absolute atomic E-state index is 13.6. The molecular weight excluding hydrogens is 964 g/mol. The number of unbranched alkanes of at least 4 members (excludes halogenated alkanes) is 46. The molecule has 0 saturated carbocycles. The van der Waals surface area contributed by atoms with E-state index in [0.717, 1.165) is 57.8 Å². The van der Waals surface area contributed by atoms with Crippen molar-refractivity contribution in [1.29, 1.82) is 0 Å². The van der Waals surface area contributed by atoms with Crippen molar-refractivity contribution < 1.29 is 37.3 Å². The van der Waals surface area contributed by atoms with Crippen molar-refractivity contribution in [2.45, 2.75) is 360 Å². The number of amides is 1. The topological polar surface area (TPSA) is 111 Å². The molecule has 0 aromatic heterocycles. The maximum atomic E-state index is 13.6. The van der Waals surface area contributed by atoms with E-state index in [0.29, 0.717) is 23.9 Å². The molecule has 0 aliphatic carbocycles. The number of carbonyl (C=O) groups excluding carboxylic acids is 2. The van der Waals surface area contributed by atoms with E-state index in [1.807, 2.05) is 33.3 Å². The molecule has 0 bridgehead atoms. The van der Waals surface area contributed by atoms with Crippen molar-refractivity contribution >= 4 is 19.7 Å². The Labute approximate surface area is 473 Å². The summed E-state index contributed by atoms with van der Waals surface area (Å²) in [6.07, 6.45) is 66.6. The highest BCUT2D eigenvalue weighted by molar-refractivity contribution is 7.47. The molecule has 3 atom stereocenters. The van der Waals surface area contributed by atoms with Crippen LogP contribution in [0.4, 0.5) is 0 Å². The number of esters is 1. The minimum absolute atomic E-state index is 0.0457. The van der Waals surface area contributed by atoms with Crippen molar-refractivity contribution in [3.8, 4) is 0 Å². The first-order chi connectivity index (χ1) is 36.9. The Kier molecular flexibility index (Phi) is 56.1. The lowest BCUT2D eigenvalue weighted by Crippen LogP contribution is -2.47. The first kappa shape index (κ1) is 74.8. The second-order valence-electron chi connectivity index (χ2n) is 24.4. The zero-order valence-electron chi connectivity index (χ0n) is 51.8. The summed E-state index contributed by atoms with van der Waals surface area (Å²) in [6.45, 7) is 7.06. The van der Waals surface area contributed by atoms with Gasteiger partial charge in [0.15, 0.2) is 0 Å². The summed E-state index contributed by atoms with van der Waals surface area (Å²) in [5.41, 5.74) is 0. The fraction of sp³-hybridized carbons (Fsp3) is 0.939. The van der Waals surface area contributed by atoms with Crippen LogP contribution in [-0.4, -0.2) is 74.3 Å². The number of quaternary nitrogens is 1. The van der Waals surface area contributed by atoms with Gasteiger partial charge in [0.1, 0.15) is 19.3 Å². The summed E-state index contributed by atoms with van der Waals surface area (Å²) >= 11 is 0. The molecule has 9 nitrogen and oxygen atoms in total. The highest BCUT2D eigenvalue weighted by Crippen LogP contribution is 2.43. The molecule has 0 aromatic carbocycles. The van der Waals surface area contributed by atoms with Gasteiger partial charge in [-0.25, -0.2) is 4.57 Å². The molecule has 1 amide bonds. The molecule has 0 aromatic rings. The average Bonchev–Trinajstić information content (AvgIpc) is 3.38. The van der Waals surface area contributed by atoms with E-state index < -0.39 is 20.0 Å². The number of rotatable bonds is 62. The number of nitrogens with one attached hydrogen (secondary N) is 1. The van der Waals surface area contributed by atoms with Crippen molar-refractivity contribution in [2.24, 2.45) is 0 Å². The highest BCUT2D eigenvalue weighted by atomic mass is 31.2. The molecule has 0 aliphatic rings. The van der Waals surface area contributed by atoms with Gasteiger partial charge in [-0.1, -0.05) is 316 Å². The van der Waals surface area contributed by atoms with E-state index in [2.05, 4.69) is 26.1 Å². The van der Waals surface area contributed by atoms with E-state index in [1.54, 1.807) is 0 Å². The number of carbonyl (C=O) groups is 2. The van der Waals surface area contributed by atoms with Crippen LogP contribution < -0.4 is 5.32 Å². The van der Waals surface area contributed by atoms with E-state index in [-0.39, 0.29) is 25.1 Å². The van der Waals surface area contributed by atoms with Crippen LogP contribution in [0.2, 0.25) is 0 Å². The van der Waals surface area contributed by atoms with Crippen LogP contribution in [0.15, 0.2) is 12.2 Å². The molecule has 0 saturated heterocycles. The predicted octanol–water partition coefficient (Wildman–Crippen LogP) is 20.7. The molecule has 452 valence electrons. The molecule has 0 spiro atoms. The quantitative estimate of drug-likeness (QED) is 0.0205. The molecule has 10 heteroatoms. The molecule has 0 aliphatic heterocycles. The first-order valence-electron chi connectivity index (χ1n) is 33.5. The van der Waals surface area contributed by atoms with Crippen LogP contribution in [0.25, 0.3) is 0 Å². The minimum atomic E-state index is -4.44. The molecule has 0 rings (SSSR count). The Bertz CT molecular complexity index is 1310. The van der Waals surface area contributed by atoms with Gasteiger partial charge in [0.2, 0.25) is 5.91 Å². The smallest absolute Gasteiger partial charge is 0.456 e. The van der Waals surface area contributed by atoms with Crippen molar-refractivity contribution in [1.82, 2.24) is 5.32 Å². The Morgan fingerprint density at radius 2 is 0.750 bits per heavy atom. The molecule has 2 N–H and O–H groups in total. The third-order valence-electron chi connectivity index (χ3n) is 15.5. The Morgan fingerprint density at radius 1 is 0.447 bits per heavy atom. The van der Waals surface area contributed by atoms with Gasteiger partial charge in [0.05, 0.1) is 33.8 Å². The Hall–Kier alpha value is -1.25. The normalized spacial score (nSPS) is 13.6. The summed E-state index contributed by atoms with van der Waals surface area (Å²) < 4.78 is 30.7. The minimum Gasteiger partial charge on any atom is -0.456 e. The molecule has 0 radical (unpaired) electrons. The van der Waals surface area contributed by atoms with E-state index in [9.17, 15) is 19.0 Å². The van der Waals surface area contributed by atoms with Crippen LogP contribution in [0.1, 0.15) is 348 Å². The van der Waals surface area contributed by atoms with Crippen molar-refractivity contribution in [2.75, 3.05) is 40.9 Å². The maximum Gasteiger partial charge on any atom is 0.472 e. The average molecular weight is 1100 g/mol. The van der Waals surface area contributed by atoms with E-state index in [1.165, 1.54) is 257 Å². The van der Waals surface area contributed by atoms with E-state index >= 15 is 0 Å². The summed E-state index contributed by atoms with van der Waals surface area (Å²) in [4.78, 5) is 37.7. The van der Waals surface area contributed by atoms with Crippen LogP contribution in [0, 0.1) is 0 Å². The van der Waals surface area contributed by atoms with Crippen LogP contribution in [-0.2, 0) is 27.9 Å². The number of ether oxygens (including phenoxy) is 1. The molecular formula is C66H132N2O7P+. The van der Waals surface area contributed by atoms with Gasteiger partial charge in [-0.15, -0.1) is 0 Å². The first-order valence-corrected chi connectivity index (χ1v) is 35.0. The fourth-order valence-corrected chi connectivity index (χ4v) is 11.0. The number of phosphoric ester groups is 1. The van der Waals surface area contributed by atoms with Crippen LogP contribution in [0.5, 0.6) is 0 Å². The van der Waals surface area contributed by atoms with Gasteiger partial charge in [-0.05, 0) is 31.8 Å². The third kappa shape index (κ3) is 57.4. The summed E-state index contributed by atoms with van der Waals surface area (Å²) in [6, 6.07) is -0.839. The van der Waals surface area contributed by atoms with Gasteiger partial charge < -0.3 is 19.4 Å². The fourth-order valence-electron chi connectivity index (χ4n) is 10.3. The third-order valence-corrected chi connectivity index (χ3v) is 16.5. The van der Waals surface area contributed by atoms with Gasteiger partial charge in [-0.2, -0.15) is 0 Å². The Morgan fingerprint density at radius 3 is 1.08 bits per heavy atom. The largest absolute Gasteiger partial charge is 0.472 e. The lowest BCUT2D eigenvalue weighted by Gasteiger charge is -2.27. The molecule has 3 unspecified atom stereocenters. The number of hydrogen-bond acceptors (Lipinski definition) is 6. The SMILES string of the molecule is CCCCCCCCCCCC/C=C\C(OC(=O)CCCCCCCCCCCCC)C(COP(=O)(O)OCC[N+](C)(C)C)NC(=O)CCCCCCCCCCCCCCCCCCCCCCCCCCCCC. The van der Waals surface area contributed by atoms with Gasteiger partial charge >= 0.3 is 13.8 Å². The lowest BCUT2D eigenvalue weighted by molar-refractivity contribution is -0.870. The number of likely N-dealkylation sites (N-methyl/N-ethyl adjacent to an activating group) is 1. The van der Waals surface area contributed by atoms with Gasteiger partial charge in [-0.3, -0.25) is 18.6 Å². The van der Waals surface area contributed by atoms with Crippen LogP contribution in [0.3, 0.4) is 0 Å². The number of nitrogens with zero attached hydrogens (tertiary/aromatic N) is 1. The summed E-state index contributed by atoms with van der Waals surface area (Å²) in [5.74, 6) is -0.484. The zero-order valence-corrected chi connectivity index (χ0v) is 52.7. The number of phosphoric acid groups is 1. The van der Waals surface area contributed by atoms with Gasteiger partial charge in [0, 0.05) is 12.8 Å². The summed E-state index contributed by atoms with van der Waals surface area (Å²) in [7, 11) is 1.52. The van der Waals surface area contributed by atoms with Crippen LogP contribution >= 0.6 is 7.82 Å². The number of hydrogen-bond donors (Lipinski definition) is 2. The van der Waals surface area contributed by atoms with Crippen molar-refractivity contribution in [3.05, 3.63) is 12.2 Å². The van der Waals surface area contributed by atoms with Crippen molar-refractivity contribution in [3.63, 3.8) is 0 Å². The number of allylic oxidation sites excluding steroid dienone is 1. The second-order valence-corrected chi connectivity index (χ2v) is 25.8.